The van der Waals surface area contributed by atoms with Gasteiger partial charge in [-0.3, -0.25) is 0 Å². The van der Waals surface area contributed by atoms with Crippen molar-refractivity contribution in [2.24, 2.45) is 5.73 Å². The second kappa shape index (κ2) is 4.73. The van der Waals surface area contributed by atoms with Gasteiger partial charge in [-0.05, 0) is 19.8 Å². The summed E-state index contributed by atoms with van der Waals surface area (Å²) in [4.78, 5) is 0. The molecule has 0 radical (unpaired) electrons. The van der Waals surface area contributed by atoms with Gasteiger partial charge in [0.2, 0.25) is 0 Å². The van der Waals surface area contributed by atoms with E-state index in [1.807, 2.05) is 0 Å². The molecule has 0 bridgehead atoms. The van der Waals surface area contributed by atoms with E-state index in [9.17, 15) is 0 Å². The van der Waals surface area contributed by atoms with Crippen molar-refractivity contribution in [2.45, 2.75) is 51.1 Å². The van der Waals surface area contributed by atoms with E-state index in [0.29, 0.717) is 6.04 Å². The van der Waals surface area contributed by atoms with Crippen LogP contribution in [0.5, 0.6) is 0 Å². The molecule has 1 rings (SSSR count). The quantitative estimate of drug-likeness (QED) is 0.645. The number of rotatable bonds is 3. The van der Waals surface area contributed by atoms with Gasteiger partial charge in [-0.15, -0.1) is 0 Å². The Morgan fingerprint density at radius 2 is 2.00 bits per heavy atom. The Hall–Kier alpha value is -0.0800. The van der Waals surface area contributed by atoms with Gasteiger partial charge in [-0.2, -0.15) is 0 Å². The molecule has 66 valence electrons. The van der Waals surface area contributed by atoms with Crippen LogP contribution >= 0.6 is 0 Å². The van der Waals surface area contributed by atoms with Crippen molar-refractivity contribution in [1.82, 2.24) is 5.32 Å². The van der Waals surface area contributed by atoms with Crippen molar-refractivity contribution >= 4 is 0 Å². The van der Waals surface area contributed by atoms with Crippen molar-refractivity contribution in [1.29, 1.82) is 0 Å². The molecule has 0 saturated heterocycles. The van der Waals surface area contributed by atoms with Crippen LogP contribution in [0.1, 0.15) is 39.0 Å². The molecular weight excluding hydrogens is 136 g/mol. The summed E-state index contributed by atoms with van der Waals surface area (Å²) in [6.45, 7) is 3.03. The normalized spacial score (nSPS) is 23.5. The van der Waals surface area contributed by atoms with Gasteiger partial charge in [0.25, 0.3) is 0 Å². The van der Waals surface area contributed by atoms with E-state index in [1.54, 1.807) is 0 Å². The lowest BCUT2D eigenvalue weighted by Crippen LogP contribution is -2.38. The molecule has 0 aromatic carbocycles. The lowest BCUT2D eigenvalue weighted by molar-refractivity contribution is 0.367. The predicted octanol–water partition coefficient (Wildman–Crippen LogP) is 1.26. The first-order chi connectivity index (χ1) is 5.29. The van der Waals surface area contributed by atoms with Gasteiger partial charge < -0.3 is 11.1 Å². The Bertz CT molecular complexity index is 95.7. The fourth-order valence-electron chi connectivity index (χ4n) is 1.66. The van der Waals surface area contributed by atoms with Gasteiger partial charge in [0.15, 0.2) is 0 Å². The fourth-order valence-corrected chi connectivity index (χ4v) is 1.66. The molecule has 1 atom stereocenters. The van der Waals surface area contributed by atoms with Gasteiger partial charge in [0.1, 0.15) is 0 Å². The molecule has 2 heteroatoms. The largest absolute Gasteiger partial charge is 0.327 e. The van der Waals surface area contributed by atoms with Gasteiger partial charge in [-0.25, -0.2) is 0 Å². The summed E-state index contributed by atoms with van der Waals surface area (Å²) in [5.74, 6) is 0. The van der Waals surface area contributed by atoms with Gasteiger partial charge in [0, 0.05) is 18.6 Å². The Morgan fingerprint density at radius 3 is 2.55 bits per heavy atom. The highest BCUT2D eigenvalue weighted by Crippen LogP contribution is 2.16. The van der Waals surface area contributed by atoms with Crippen LogP contribution in [-0.4, -0.2) is 18.6 Å². The third-order valence-electron chi connectivity index (χ3n) is 2.33. The zero-order valence-electron chi connectivity index (χ0n) is 7.47. The van der Waals surface area contributed by atoms with Crippen LogP contribution in [0.25, 0.3) is 0 Å². The third kappa shape index (κ3) is 3.73. The highest BCUT2D eigenvalue weighted by atomic mass is 14.9. The first-order valence-corrected chi connectivity index (χ1v) is 4.78. The van der Waals surface area contributed by atoms with Gasteiger partial charge in [0.05, 0.1) is 0 Å². The van der Waals surface area contributed by atoms with E-state index in [2.05, 4.69) is 12.2 Å². The van der Waals surface area contributed by atoms with Crippen LogP contribution in [0.4, 0.5) is 0 Å². The van der Waals surface area contributed by atoms with Crippen molar-refractivity contribution in [2.75, 3.05) is 6.54 Å². The molecule has 0 aromatic rings. The second-order valence-corrected chi connectivity index (χ2v) is 3.72. The first kappa shape index (κ1) is 9.01. The van der Waals surface area contributed by atoms with Crippen LogP contribution in [0, 0.1) is 0 Å². The zero-order chi connectivity index (χ0) is 8.10. The minimum absolute atomic E-state index is 0.303. The highest BCUT2D eigenvalue weighted by molar-refractivity contribution is 4.73. The summed E-state index contributed by atoms with van der Waals surface area (Å²) in [5.41, 5.74) is 5.65. The summed E-state index contributed by atoms with van der Waals surface area (Å²) >= 11 is 0. The Morgan fingerprint density at radius 1 is 1.36 bits per heavy atom. The van der Waals surface area contributed by atoms with E-state index in [1.165, 1.54) is 32.1 Å². The molecule has 1 aliphatic carbocycles. The molecule has 0 spiro atoms. The van der Waals surface area contributed by atoms with E-state index in [4.69, 9.17) is 5.73 Å². The third-order valence-corrected chi connectivity index (χ3v) is 2.33. The predicted molar refractivity (Wildman–Crippen MR) is 48.5 cm³/mol. The van der Waals surface area contributed by atoms with Crippen LogP contribution in [0.2, 0.25) is 0 Å². The molecule has 3 N–H and O–H groups in total. The van der Waals surface area contributed by atoms with Crippen LogP contribution in [0.15, 0.2) is 0 Å². The SMILES string of the molecule is C[C@H](N)CNC1CCCCC1. The maximum absolute atomic E-state index is 5.65. The number of hydrogen-bond acceptors (Lipinski definition) is 2. The lowest BCUT2D eigenvalue weighted by Gasteiger charge is -2.23. The Balaban J connectivity index is 2.05. The summed E-state index contributed by atoms with van der Waals surface area (Å²) in [6, 6.07) is 1.06. The second-order valence-electron chi connectivity index (χ2n) is 3.72. The molecule has 0 aliphatic heterocycles. The Kier molecular flexibility index (Phi) is 3.87. The van der Waals surface area contributed by atoms with Crippen LogP contribution in [-0.2, 0) is 0 Å². The molecule has 1 aliphatic rings. The van der Waals surface area contributed by atoms with Crippen LogP contribution in [0.3, 0.4) is 0 Å². The molecule has 0 heterocycles. The molecular formula is C9H20N2. The van der Waals surface area contributed by atoms with E-state index in [0.717, 1.165) is 12.6 Å². The molecule has 2 nitrogen and oxygen atoms in total. The smallest absolute Gasteiger partial charge is 0.0136 e. The monoisotopic (exact) mass is 156 g/mol. The number of hydrogen-bond donors (Lipinski definition) is 2. The Labute approximate surface area is 69.5 Å². The first-order valence-electron chi connectivity index (χ1n) is 4.78. The highest BCUT2D eigenvalue weighted by Gasteiger charge is 2.12. The average molecular weight is 156 g/mol. The summed E-state index contributed by atoms with van der Waals surface area (Å²) in [7, 11) is 0. The fraction of sp³-hybridized carbons (Fsp3) is 1.00. The number of nitrogens with one attached hydrogen (secondary N) is 1. The molecule has 11 heavy (non-hydrogen) atoms. The maximum atomic E-state index is 5.65. The molecule has 1 saturated carbocycles. The minimum Gasteiger partial charge on any atom is -0.327 e. The molecule has 0 aromatic heterocycles. The van der Waals surface area contributed by atoms with Crippen molar-refractivity contribution in [3.05, 3.63) is 0 Å². The average Bonchev–Trinajstić information content (AvgIpc) is 2.03. The van der Waals surface area contributed by atoms with Crippen molar-refractivity contribution < 1.29 is 0 Å². The van der Waals surface area contributed by atoms with Crippen molar-refractivity contribution in [3.8, 4) is 0 Å². The van der Waals surface area contributed by atoms with Crippen molar-refractivity contribution in [3.63, 3.8) is 0 Å². The standard InChI is InChI=1S/C9H20N2/c1-8(10)7-11-9-5-3-2-4-6-9/h8-9,11H,2-7,10H2,1H3/t8-/m0/s1. The molecule has 0 amide bonds. The van der Waals surface area contributed by atoms with E-state index >= 15 is 0 Å². The zero-order valence-corrected chi connectivity index (χ0v) is 7.47. The maximum Gasteiger partial charge on any atom is 0.0136 e. The lowest BCUT2D eigenvalue weighted by atomic mass is 9.95. The summed E-state index contributed by atoms with van der Waals surface area (Å²) in [5, 5.41) is 3.50. The van der Waals surface area contributed by atoms with Gasteiger partial charge in [-0.1, -0.05) is 19.3 Å². The summed E-state index contributed by atoms with van der Waals surface area (Å²) < 4.78 is 0. The summed E-state index contributed by atoms with van der Waals surface area (Å²) in [6.07, 6.45) is 6.93. The van der Waals surface area contributed by atoms with Gasteiger partial charge >= 0.3 is 0 Å². The van der Waals surface area contributed by atoms with Crippen LogP contribution < -0.4 is 11.1 Å². The van der Waals surface area contributed by atoms with E-state index in [-0.39, 0.29) is 0 Å². The minimum atomic E-state index is 0.303. The molecule has 1 fully saturated rings. The number of nitrogens with two attached hydrogens (primary N) is 1. The topological polar surface area (TPSA) is 38.0 Å². The molecule has 0 unspecified atom stereocenters. The van der Waals surface area contributed by atoms with E-state index < -0.39 is 0 Å².